The van der Waals surface area contributed by atoms with Gasteiger partial charge < -0.3 is 5.11 Å². The summed E-state index contributed by atoms with van der Waals surface area (Å²) in [7, 11) is 0. The third kappa shape index (κ3) is 4.12. The molecule has 0 aliphatic rings. The van der Waals surface area contributed by atoms with E-state index in [1.807, 2.05) is 0 Å². The van der Waals surface area contributed by atoms with Gasteiger partial charge in [0.15, 0.2) is 0 Å². The van der Waals surface area contributed by atoms with Crippen molar-refractivity contribution in [2.75, 3.05) is 0 Å². The summed E-state index contributed by atoms with van der Waals surface area (Å²) in [5, 5.41) is 7.89. The van der Waals surface area contributed by atoms with Gasteiger partial charge in [-0.05, 0) is 6.08 Å². The summed E-state index contributed by atoms with van der Waals surface area (Å²) < 4.78 is 0. The Morgan fingerprint density at radius 2 is 2.00 bits per heavy atom. The van der Waals surface area contributed by atoms with Gasteiger partial charge in [-0.25, -0.2) is 0 Å². The summed E-state index contributed by atoms with van der Waals surface area (Å²) in [5.41, 5.74) is 0. The van der Waals surface area contributed by atoms with Crippen LogP contribution in [0.1, 0.15) is 0 Å². The molecule has 0 fully saturated rings. The maximum atomic E-state index is 7.89. The predicted molar refractivity (Wildman–Crippen MR) is 27.3 cm³/mol. The van der Waals surface area contributed by atoms with Crippen LogP contribution in [0.2, 0.25) is 0 Å². The molecule has 0 aromatic heterocycles. The molecule has 0 rings (SSSR count). The van der Waals surface area contributed by atoms with Crippen LogP contribution < -0.4 is 0 Å². The van der Waals surface area contributed by atoms with Crippen molar-refractivity contribution >= 4 is 23.2 Å². The van der Waals surface area contributed by atoms with Crippen LogP contribution in [0.5, 0.6) is 0 Å². The monoisotopic (exact) mass is 126 g/mol. The maximum Gasteiger partial charge on any atom is 0.129 e. The zero-order valence-electron chi connectivity index (χ0n) is 2.94. The Balaban J connectivity index is 3.03. The standard InChI is InChI=1S/C3H4Cl2O/c4-3(5)1-2-6/h1-3,6H. The molecular formula is C3H4Cl2O. The normalized spacial score (nSPS) is 11.2. The van der Waals surface area contributed by atoms with E-state index in [4.69, 9.17) is 28.3 Å². The Labute approximate surface area is 46.2 Å². The molecule has 0 radical (unpaired) electrons. The van der Waals surface area contributed by atoms with Crippen LogP contribution >= 0.6 is 23.2 Å². The smallest absolute Gasteiger partial charge is 0.129 e. The molecule has 0 saturated heterocycles. The first-order chi connectivity index (χ1) is 2.77. The molecule has 0 amide bonds. The number of alkyl halides is 2. The van der Waals surface area contributed by atoms with Gasteiger partial charge in [0.1, 0.15) is 4.84 Å². The lowest BCUT2D eigenvalue weighted by atomic mass is 10.7. The van der Waals surface area contributed by atoms with Crippen molar-refractivity contribution in [1.29, 1.82) is 0 Å². The molecule has 3 heteroatoms. The number of allylic oxidation sites excluding steroid dienone is 1. The molecule has 0 atom stereocenters. The summed E-state index contributed by atoms with van der Waals surface area (Å²) >= 11 is 10.2. The summed E-state index contributed by atoms with van der Waals surface area (Å²) in [4.78, 5) is -0.588. The summed E-state index contributed by atoms with van der Waals surface area (Å²) in [6.07, 6.45) is 2.06. The maximum absolute atomic E-state index is 7.89. The molecule has 0 aliphatic heterocycles. The van der Waals surface area contributed by atoms with Crippen molar-refractivity contribution in [3.05, 3.63) is 12.3 Å². The van der Waals surface area contributed by atoms with Gasteiger partial charge in [-0.2, -0.15) is 0 Å². The van der Waals surface area contributed by atoms with Gasteiger partial charge >= 0.3 is 0 Å². The van der Waals surface area contributed by atoms with Crippen LogP contribution in [0.3, 0.4) is 0 Å². The Morgan fingerprint density at radius 1 is 1.50 bits per heavy atom. The summed E-state index contributed by atoms with van der Waals surface area (Å²) in [5.74, 6) is 0. The highest BCUT2D eigenvalue weighted by Gasteiger charge is 1.84. The van der Waals surface area contributed by atoms with E-state index in [1.54, 1.807) is 0 Å². The van der Waals surface area contributed by atoms with Gasteiger partial charge in [-0.15, -0.1) is 23.2 Å². The Morgan fingerprint density at radius 3 is 2.00 bits per heavy atom. The fourth-order valence-electron chi connectivity index (χ4n) is 0.0651. The zero-order valence-corrected chi connectivity index (χ0v) is 4.45. The average molecular weight is 127 g/mol. The molecule has 0 spiro atoms. The summed E-state index contributed by atoms with van der Waals surface area (Å²) in [6.45, 7) is 0. The zero-order chi connectivity index (χ0) is 4.99. The third-order valence-electron chi connectivity index (χ3n) is 0.232. The predicted octanol–water partition coefficient (Wildman–Crippen LogP) is 1.86. The van der Waals surface area contributed by atoms with E-state index in [0.717, 1.165) is 6.26 Å². The lowest BCUT2D eigenvalue weighted by molar-refractivity contribution is 0.472. The van der Waals surface area contributed by atoms with E-state index in [9.17, 15) is 0 Å². The highest BCUT2D eigenvalue weighted by atomic mass is 35.5. The minimum absolute atomic E-state index is 0.588. The van der Waals surface area contributed by atoms with Crippen molar-refractivity contribution in [3.8, 4) is 0 Å². The van der Waals surface area contributed by atoms with Crippen LogP contribution in [-0.2, 0) is 0 Å². The Kier molecular flexibility index (Phi) is 3.38. The largest absolute Gasteiger partial charge is 0.516 e. The second-order valence-corrected chi connectivity index (χ2v) is 1.84. The summed E-state index contributed by atoms with van der Waals surface area (Å²) in [6, 6.07) is 0. The van der Waals surface area contributed by atoms with Gasteiger partial charge in [-0.1, -0.05) is 0 Å². The van der Waals surface area contributed by atoms with Crippen molar-refractivity contribution in [3.63, 3.8) is 0 Å². The van der Waals surface area contributed by atoms with Gasteiger partial charge in [0, 0.05) is 0 Å². The van der Waals surface area contributed by atoms with Crippen LogP contribution in [0.4, 0.5) is 0 Å². The van der Waals surface area contributed by atoms with Gasteiger partial charge in [0.05, 0.1) is 6.26 Å². The highest BCUT2D eigenvalue weighted by molar-refractivity contribution is 6.45. The molecule has 0 bridgehead atoms. The number of hydrogen-bond donors (Lipinski definition) is 1. The third-order valence-corrected chi connectivity index (χ3v) is 0.523. The fourth-order valence-corrected chi connectivity index (χ4v) is 0.195. The van der Waals surface area contributed by atoms with Gasteiger partial charge in [-0.3, -0.25) is 0 Å². The molecule has 0 aromatic carbocycles. The molecule has 0 saturated carbocycles. The molecule has 1 N–H and O–H groups in total. The van der Waals surface area contributed by atoms with E-state index in [0.29, 0.717) is 0 Å². The van der Waals surface area contributed by atoms with E-state index >= 15 is 0 Å². The van der Waals surface area contributed by atoms with Crippen molar-refractivity contribution < 1.29 is 5.11 Å². The molecular weight excluding hydrogens is 123 g/mol. The Hall–Kier alpha value is 0.120. The molecule has 0 aromatic rings. The number of rotatable bonds is 1. The lowest BCUT2D eigenvalue weighted by Gasteiger charge is -1.80. The molecule has 1 nitrogen and oxygen atoms in total. The fraction of sp³-hybridized carbons (Fsp3) is 0.333. The molecule has 0 heterocycles. The van der Waals surface area contributed by atoms with Crippen LogP contribution in [-0.4, -0.2) is 9.94 Å². The van der Waals surface area contributed by atoms with Crippen molar-refractivity contribution in [1.82, 2.24) is 0 Å². The number of hydrogen-bond acceptors (Lipinski definition) is 1. The number of halogens is 2. The number of aliphatic hydroxyl groups is 1. The van der Waals surface area contributed by atoms with Gasteiger partial charge in [0.2, 0.25) is 0 Å². The van der Waals surface area contributed by atoms with Crippen molar-refractivity contribution in [2.45, 2.75) is 4.84 Å². The molecule has 36 valence electrons. The van der Waals surface area contributed by atoms with E-state index in [-0.39, 0.29) is 0 Å². The average Bonchev–Trinajstić information content (AvgIpc) is 1.35. The quantitative estimate of drug-likeness (QED) is 0.421. The highest BCUT2D eigenvalue weighted by Crippen LogP contribution is 2.00. The molecule has 6 heavy (non-hydrogen) atoms. The van der Waals surface area contributed by atoms with E-state index in [1.165, 1.54) is 6.08 Å². The first-order valence-electron chi connectivity index (χ1n) is 1.36. The van der Waals surface area contributed by atoms with E-state index in [2.05, 4.69) is 0 Å². The minimum atomic E-state index is -0.588. The van der Waals surface area contributed by atoms with Crippen LogP contribution in [0.25, 0.3) is 0 Å². The molecule has 0 aliphatic carbocycles. The van der Waals surface area contributed by atoms with Crippen LogP contribution in [0, 0.1) is 0 Å². The Bertz CT molecular complexity index is 50.8. The van der Waals surface area contributed by atoms with Crippen LogP contribution in [0.15, 0.2) is 12.3 Å². The first-order valence-corrected chi connectivity index (χ1v) is 2.23. The SMILES string of the molecule is OC=CC(Cl)Cl. The molecule has 0 unspecified atom stereocenters. The minimum Gasteiger partial charge on any atom is -0.516 e. The second kappa shape index (κ2) is 3.32. The first kappa shape index (κ1) is 6.12. The van der Waals surface area contributed by atoms with Gasteiger partial charge in [0.25, 0.3) is 0 Å². The lowest BCUT2D eigenvalue weighted by Crippen LogP contribution is -1.72. The second-order valence-electron chi connectivity index (χ2n) is 0.676. The number of aliphatic hydroxyl groups excluding tert-OH is 1. The van der Waals surface area contributed by atoms with E-state index < -0.39 is 4.84 Å². The van der Waals surface area contributed by atoms with Crippen molar-refractivity contribution in [2.24, 2.45) is 0 Å². The topological polar surface area (TPSA) is 20.2 Å².